The Morgan fingerprint density at radius 2 is 1.73 bits per heavy atom. The van der Waals surface area contributed by atoms with E-state index in [2.05, 4.69) is 85.9 Å². The molecule has 0 aromatic carbocycles. The summed E-state index contributed by atoms with van der Waals surface area (Å²) in [4.78, 5) is 0. The Kier molecular flexibility index (Phi) is 5.16. The summed E-state index contributed by atoms with van der Waals surface area (Å²) in [5.74, 6) is -0.611. The van der Waals surface area contributed by atoms with Crippen molar-refractivity contribution in [1.82, 2.24) is 0 Å². The van der Waals surface area contributed by atoms with Crippen LogP contribution in [0.3, 0.4) is 0 Å². The molecular formula is C20H33SiZr. The number of hydrogen-bond acceptors (Lipinski definition) is 0. The summed E-state index contributed by atoms with van der Waals surface area (Å²) in [5, 5.41) is 0. The zero-order valence-electron chi connectivity index (χ0n) is 16.0. The SMILES string of the molecule is CC1=C[C](C)([Zr]([CH]2C=CC(C(C)(C)C)=C2)[SiH](C)C)C(C)=C1C. The molecule has 0 aliphatic heterocycles. The topological polar surface area (TPSA) is 0 Å². The van der Waals surface area contributed by atoms with E-state index in [1.807, 2.05) is 0 Å². The minimum absolute atomic E-state index is 0.293. The van der Waals surface area contributed by atoms with Gasteiger partial charge in [0, 0.05) is 0 Å². The molecule has 22 heavy (non-hydrogen) atoms. The van der Waals surface area contributed by atoms with Gasteiger partial charge in [-0.05, 0) is 0 Å². The van der Waals surface area contributed by atoms with Gasteiger partial charge in [0.2, 0.25) is 0 Å². The summed E-state index contributed by atoms with van der Waals surface area (Å²) < 4.78 is 1.24. The second kappa shape index (κ2) is 6.17. The molecule has 0 radical (unpaired) electrons. The van der Waals surface area contributed by atoms with Gasteiger partial charge in [-0.25, -0.2) is 0 Å². The minimum atomic E-state index is -1.63. The molecule has 0 aromatic rings. The standard InChI is InChI=1S/2C9H13.C2H7Si.Zr/c1-6-5-7(2)9(4)8(6)3;1-9(2,3)8-6-4-5-7-8;1-3-2;/h5H,1-4H3;4-7H,1-3H3;3H,1-2H3;. The van der Waals surface area contributed by atoms with E-state index in [1.54, 1.807) is 16.7 Å². The Hall–Kier alpha value is 0.0600. The fourth-order valence-electron chi connectivity index (χ4n) is 4.17. The summed E-state index contributed by atoms with van der Waals surface area (Å²) in [7, 11) is 0. The Bertz CT molecular complexity index is 583. The van der Waals surface area contributed by atoms with Crippen molar-refractivity contribution in [1.29, 1.82) is 0 Å². The maximum absolute atomic E-state index is 2.65. The van der Waals surface area contributed by atoms with Crippen molar-refractivity contribution in [3.05, 3.63) is 46.6 Å². The third-order valence-corrected chi connectivity index (χ3v) is 28.8. The molecule has 0 heterocycles. The monoisotopic (exact) mass is 391 g/mol. The molecule has 0 amide bonds. The van der Waals surface area contributed by atoms with Crippen LogP contribution in [0.1, 0.15) is 48.5 Å². The Morgan fingerprint density at radius 1 is 1.14 bits per heavy atom. The molecular weight excluding hydrogens is 360 g/mol. The molecule has 2 rings (SSSR count). The quantitative estimate of drug-likeness (QED) is 0.488. The van der Waals surface area contributed by atoms with Crippen LogP contribution in [0, 0.1) is 5.41 Å². The van der Waals surface area contributed by atoms with Crippen LogP contribution in [0.25, 0.3) is 0 Å². The maximum atomic E-state index is 2.65. The van der Waals surface area contributed by atoms with E-state index in [4.69, 9.17) is 0 Å². The number of hydrogen-bond donors (Lipinski definition) is 0. The summed E-state index contributed by atoms with van der Waals surface area (Å²) in [5.41, 5.74) is 6.64. The average Bonchev–Trinajstić information content (AvgIpc) is 2.91. The van der Waals surface area contributed by atoms with Gasteiger partial charge in [0.25, 0.3) is 0 Å². The summed E-state index contributed by atoms with van der Waals surface area (Å²) in [6, 6.07) is 0. The van der Waals surface area contributed by atoms with E-state index in [0.29, 0.717) is 8.54 Å². The number of allylic oxidation sites excluding steroid dienone is 8. The van der Waals surface area contributed by atoms with E-state index < -0.39 is 26.8 Å². The molecule has 0 nitrogen and oxygen atoms in total. The van der Waals surface area contributed by atoms with E-state index >= 15 is 0 Å². The van der Waals surface area contributed by atoms with E-state index in [0.717, 1.165) is 3.63 Å². The van der Waals surface area contributed by atoms with Gasteiger partial charge < -0.3 is 0 Å². The van der Waals surface area contributed by atoms with Crippen LogP contribution in [-0.4, -0.2) is 5.92 Å². The first-order chi connectivity index (χ1) is 9.98. The van der Waals surface area contributed by atoms with Crippen molar-refractivity contribution in [2.24, 2.45) is 5.41 Å². The van der Waals surface area contributed by atoms with E-state index in [-0.39, 0.29) is 0 Å². The van der Waals surface area contributed by atoms with Crippen molar-refractivity contribution in [3.8, 4) is 0 Å². The molecule has 0 saturated heterocycles. The molecule has 121 valence electrons. The van der Waals surface area contributed by atoms with Crippen LogP contribution in [0.5, 0.6) is 0 Å². The van der Waals surface area contributed by atoms with Gasteiger partial charge >= 0.3 is 147 Å². The molecule has 2 aliphatic rings. The summed E-state index contributed by atoms with van der Waals surface area (Å²) in [6.07, 6.45) is 10.3. The zero-order valence-corrected chi connectivity index (χ0v) is 19.6. The van der Waals surface area contributed by atoms with Crippen molar-refractivity contribution >= 4 is 5.92 Å². The fourth-order valence-corrected chi connectivity index (χ4v) is 29.5. The normalized spacial score (nSPS) is 28.5. The Morgan fingerprint density at radius 3 is 2.09 bits per heavy atom. The predicted molar refractivity (Wildman–Crippen MR) is 99.8 cm³/mol. The molecule has 2 aliphatic carbocycles. The van der Waals surface area contributed by atoms with Crippen molar-refractivity contribution in [2.45, 2.75) is 68.3 Å². The average molecular weight is 393 g/mol. The van der Waals surface area contributed by atoms with Crippen LogP contribution in [0.4, 0.5) is 0 Å². The third kappa shape index (κ3) is 3.16. The van der Waals surface area contributed by atoms with Gasteiger partial charge in [0.05, 0.1) is 0 Å². The van der Waals surface area contributed by atoms with Crippen molar-refractivity contribution < 1.29 is 20.9 Å². The summed E-state index contributed by atoms with van der Waals surface area (Å²) >= 11 is -1.63. The van der Waals surface area contributed by atoms with E-state index in [1.165, 1.54) is 5.57 Å². The second-order valence-electron chi connectivity index (χ2n) is 8.65. The van der Waals surface area contributed by atoms with Gasteiger partial charge in [0.1, 0.15) is 0 Å². The first kappa shape index (κ1) is 18.4. The fraction of sp³-hybridized carbons (Fsp3) is 0.600. The van der Waals surface area contributed by atoms with Gasteiger partial charge in [0.15, 0.2) is 0 Å². The van der Waals surface area contributed by atoms with Crippen molar-refractivity contribution in [3.63, 3.8) is 0 Å². The molecule has 0 aromatic heterocycles. The van der Waals surface area contributed by atoms with Crippen LogP contribution < -0.4 is 0 Å². The second-order valence-corrected chi connectivity index (χ2v) is 29.6. The van der Waals surface area contributed by atoms with Crippen LogP contribution >= 0.6 is 0 Å². The van der Waals surface area contributed by atoms with Crippen LogP contribution in [-0.2, 0) is 20.9 Å². The molecule has 0 saturated carbocycles. The Labute approximate surface area is 146 Å². The van der Waals surface area contributed by atoms with Gasteiger partial charge in [-0.15, -0.1) is 0 Å². The van der Waals surface area contributed by atoms with Gasteiger partial charge in [-0.2, -0.15) is 0 Å². The van der Waals surface area contributed by atoms with Crippen LogP contribution in [0.15, 0.2) is 46.6 Å². The third-order valence-electron chi connectivity index (χ3n) is 5.73. The predicted octanol–water partition coefficient (Wildman–Crippen LogP) is 6.39. The molecule has 2 unspecified atom stereocenters. The molecule has 0 fully saturated rings. The summed E-state index contributed by atoms with van der Waals surface area (Å²) in [6.45, 7) is 21.9. The zero-order chi connectivity index (χ0) is 16.9. The molecule has 0 spiro atoms. The molecule has 2 heteroatoms. The Balaban J connectivity index is 2.43. The first-order valence-corrected chi connectivity index (χ1v) is 18.4. The molecule has 2 atom stereocenters. The van der Waals surface area contributed by atoms with Crippen LogP contribution in [0.2, 0.25) is 19.8 Å². The van der Waals surface area contributed by atoms with Gasteiger partial charge in [-0.1, -0.05) is 0 Å². The molecule has 0 N–H and O–H groups in total. The molecule has 0 bridgehead atoms. The number of rotatable bonds is 3. The van der Waals surface area contributed by atoms with Gasteiger partial charge in [-0.3, -0.25) is 0 Å². The van der Waals surface area contributed by atoms with Crippen molar-refractivity contribution in [2.75, 3.05) is 0 Å². The van der Waals surface area contributed by atoms with E-state index in [9.17, 15) is 0 Å². The first-order valence-electron chi connectivity index (χ1n) is 8.64.